The van der Waals surface area contributed by atoms with Gasteiger partial charge in [0.1, 0.15) is 0 Å². The summed E-state index contributed by atoms with van der Waals surface area (Å²) < 4.78 is 18.3. The quantitative estimate of drug-likeness (QED) is 0.155. The van der Waals surface area contributed by atoms with Gasteiger partial charge < -0.3 is 0 Å². The molecular formula is C96H76N8+8. The lowest BCUT2D eigenvalue weighted by Crippen LogP contribution is -2.34. The lowest BCUT2D eigenvalue weighted by molar-refractivity contribution is -0.688. The highest BCUT2D eigenvalue weighted by atomic mass is 15.0. The highest BCUT2D eigenvalue weighted by Gasteiger charge is 2.21. The minimum atomic E-state index is 0.732. The molecule has 8 nitrogen and oxygen atoms in total. The van der Waals surface area contributed by atoms with E-state index < -0.39 is 0 Å². The number of pyridine rings is 8. The zero-order chi connectivity index (χ0) is 68.9. The Morgan fingerprint density at radius 2 is 0.269 bits per heavy atom. The molecular weight excluding hydrogens is 1270 g/mol. The highest BCUT2D eigenvalue weighted by molar-refractivity contribution is 5.88. The minimum absolute atomic E-state index is 0.732. The molecule has 492 valence electrons. The molecule has 0 N–H and O–H groups in total. The van der Waals surface area contributed by atoms with Crippen molar-refractivity contribution in [3.63, 3.8) is 0 Å². The maximum absolute atomic E-state index is 2.40. The van der Waals surface area contributed by atoms with Crippen LogP contribution in [0.15, 0.2) is 366 Å². The van der Waals surface area contributed by atoms with E-state index >= 15 is 0 Å². The molecule has 8 aromatic heterocycles. The van der Waals surface area contributed by atoms with E-state index in [0.29, 0.717) is 0 Å². The summed E-state index contributed by atoms with van der Waals surface area (Å²) in [6, 6.07) is 102. The predicted octanol–water partition coefficient (Wildman–Crippen LogP) is 16.0. The topological polar surface area (TPSA) is 31.0 Å². The molecule has 16 aromatic rings. The van der Waals surface area contributed by atoms with Crippen LogP contribution in [0.3, 0.4) is 0 Å². The van der Waals surface area contributed by atoms with Crippen LogP contribution in [0.4, 0.5) is 0 Å². The van der Waals surface area contributed by atoms with Gasteiger partial charge in [0.05, 0.1) is 0 Å². The van der Waals surface area contributed by atoms with Crippen LogP contribution in [-0.4, -0.2) is 0 Å². The SMILES string of the molecule is c1cc2c[n+](c1)Cc1ccc(cc1)C[n+]1ccc(cc1)-c1cc3cc(-c4cc5cc(c4)-c4cc[n+](cc4)Cc4ccc(cc4)C[n+]4ccc(cc4)-c4cc(cc(-c6cc(cc-2c6)-c2cc[n+](cc2)Cc2ccc(cc2)C[n+]2ccc-3cc2)c4)-c2cc[n+](cc2)Cc2ccc(cc2)C[n+]2ccc-5cc2)c1. The van der Waals surface area contributed by atoms with E-state index in [4.69, 9.17) is 0 Å². The van der Waals surface area contributed by atoms with E-state index in [9.17, 15) is 0 Å². The largest absolute Gasteiger partial charge is 0.201 e. The number of fused-ring (bicyclic) bond motifs is 1. The summed E-state index contributed by atoms with van der Waals surface area (Å²) in [6.07, 6.45) is 35.8. The third-order valence-electron chi connectivity index (χ3n) is 21.2. The second kappa shape index (κ2) is 26.8. The van der Waals surface area contributed by atoms with Gasteiger partial charge in [0.25, 0.3) is 0 Å². The fourth-order valence-corrected chi connectivity index (χ4v) is 15.3. The van der Waals surface area contributed by atoms with Gasteiger partial charge in [-0.15, -0.1) is 0 Å². The second-order valence-electron chi connectivity index (χ2n) is 28.5. The van der Waals surface area contributed by atoms with Crippen molar-refractivity contribution in [3.05, 3.63) is 411 Å². The average molecular weight is 1340 g/mol. The lowest BCUT2D eigenvalue weighted by Gasteiger charge is -2.14. The second-order valence-corrected chi connectivity index (χ2v) is 28.5. The van der Waals surface area contributed by atoms with Gasteiger partial charge in [0, 0.05) is 141 Å². The first kappa shape index (κ1) is 62.0. The van der Waals surface area contributed by atoms with Gasteiger partial charge in [0.15, 0.2) is 152 Å². The first-order valence-electron chi connectivity index (χ1n) is 36.2. The summed E-state index contributed by atoms with van der Waals surface area (Å²) in [5, 5.41) is 0. The van der Waals surface area contributed by atoms with Crippen molar-refractivity contribution in [1.82, 2.24) is 0 Å². The fraction of sp³-hybridized carbons (Fsp3) is 0.0833. The molecule has 18 aliphatic heterocycles. The van der Waals surface area contributed by atoms with Gasteiger partial charge >= 0.3 is 0 Å². The Kier molecular flexibility index (Phi) is 16.0. The molecule has 0 spiro atoms. The molecule has 0 radical (unpaired) electrons. The summed E-state index contributed by atoms with van der Waals surface area (Å²) in [5.74, 6) is 0. The molecule has 0 saturated carbocycles. The maximum Gasteiger partial charge on any atom is 0.176 e. The third-order valence-corrected chi connectivity index (χ3v) is 21.2. The molecule has 8 aromatic carbocycles. The van der Waals surface area contributed by atoms with Crippen molar-refractivity contribution >= 4 is 0 Å². The number of nitrogens with zero attached hydrogens (tertiary/aromatic N) is 8. The fourth-order valence-electron chi connectivity index (χ4n) is 15.3. The molecule has 0 unspecified atom stereocenters. The molecule has 32 bridgehead atoms. The third kappa shape index (κ3) is 13.4. The van der Waals surface area contributed by atoms with Crippen molar-refractivity contribution in [2.45, 2.75) is 52.4 Å². The Balaban J connectivity index is 0.819. The Morgan fingerprint density at radius 1 is 0.125 bits per heavy atom. The van der Waals surface area contributed by atoms with Crippen LogP contribution in [0.5, 0.6) is 0 Å². The van der Waals surface area contributed by atoms with E-state index in [-0.39, 0.29) is 0 Å². The van der Waals surface area contributed by atoms with Crippen LogP contribution in [0.1, 0.15) is 44.5 Å². The van der Waals surface area contributed by atoms with E-state index in [0.717, 1.165) is 164 Å². The van der Waals surface area contributed by atoms with Crippen LogP contribution in [0, 0.1) is 0 Å². The van der Waals surface area contributed by atoms with Crippen LogP contribution in [0.2, 0.25) is 0 Å². The average Bonchev–Trinajstić information content (AvgIpc) is 0.789. The number of hydrogen-bond acceptors (Lipinski definition) is 0. The van der Waals surface area contributed by atoms with Crippen molar-refractivity contribution in [2.24, 2.45) is 0 Å². The van der Waals surface area contributed by atoms with Crippen molar-refractivity contribution in [3.8, 4) is 111 Å². The molecule has 26 heterocycles. The molecule has 34 rings (SSSR count). The summed E-state index contributed by atoms with van der Waals surface area (Å²) in [7, 11) is 0. The van der Waals surface area contributed by atoms with E-state index in [2.05, 4.69) is 403 Å². The monoisotopic (exact) mass is 1340 g/mol. The van der Waals surface area contributed by atoms with Crippen LogP contribution in [-0.2, 0) is 52.4 Å². The van der Waals surface area contributed by atoms with Gasteiger partial charge in [-0.1, -0.05) is 97.1 Å². The van der Waals surface area contributed by atoms with Crippen LogP contribution in [0.25, 0.3) is 111 Å². The Bertz CT molecular complexity index is 5640. The molecule has 0 amide bonds. The normalized spacial score (nSPS) is 12.7. The van der Waals surface area contributed by atoms with Crippen molar-refractivity contribution < 1.29 is 36.5 Å². The first-order valence-corrected chi connectivity index (χ1v) is 36.2. The minimum Gasteiger partial charge on any atom is -0.201 e. The molecule has 0 atom stereocenters. The van der Waals surface area contributed by atoms with Gasteiger partial charge in [0.2, 0.25) is 0 Å². The van der Waals surface area contributed by atoms with E-state index in [1.165, 1.54) is 44.5 Å². The molecule has 0 fully saturated rings. The number of hydrogen-bond donors (Lipinski definition) is 0. The molecule has 8 heteroatoms. The number of rotatable bonds is 2. The first-order chi connectivity index (χ1) is 51.3. The number of benzene rings is 8. The zero-order valence-corrected chi connectivity index (χ0v) is 57.9. The lowest BCUT2D eigenvalue weighted by atomic mass is 9.90. The Hall–Kier alpha value is -13.0. The summed E-state index contributed by atoms with van der Waals surface area (Å²) in [5.41, 5.74) is 33.0. The summed E-state index contributed by atoms with van der Waals surface area (Å²) in [4.78, 5) is 0. The van der Waals surface area contributed by atoms with Gasteiger partial charge in [-0.2, -0.15) is 0 Å². The Morgan fingerprint density at radius 3 is 0.442 bits per heavy atom. The summed E-state index contributed by atoms with van der Waals surface area (Å²) in [6.45, 7) is 6.01. The van der Waals surface area contributed by atoms with Crippen molar-refractivity contribution in [1.29, 1.82) is 0 Å². The Labute approximate surface area is 607 Å². The maximum atomic E-state index is 2.40. The van der Waals surface area contributed by atoms with Crippen molar-refractivity contribution in [2.75, 3.05) is 0 Å². The van der Waals surface area contributed by atoms with E-state index in [1.54, 1.807) is 0 Å². The molecule has 18 aliphatic rings. The standard InChI is InChI=1S/C96H76N8/c1-2-84-68-104(33-1)67-76-17-15-75(16-18-76)66-102-44-25-80(26-45-102)88-49-87-54-94(55-88)93-52-85-48-86(53-93)78-21-36-98(37-22-78)61-70-5-9-72(10-6-70)64-101-42-29-82(30-43-101)90-50-89(81-27-40-100(41-28-81)63-71-7-3-69(4-8-71)60-97-34-19-77(85)20-35-97)56-95(57-90)96-58-91(51-92(84)59-96)83-31-46-103(47-32-83)65-74-13-11-73(12-14-74)62-99-38-23-79(87)24-39-99/h1-59,68H,60-67H2/q+8. The van der Waals surface area contributed by atoms with Gasteiger partial charge in [-0.3, -0.25) is 0 Å². The summed E-state index contributed by atoms with van der Waals surface area (Å²) >= 11 is 0. The molecule has 0 saturated heterocycles. The van der Waals surface area contributed by atoms with Crippen LogP contribution < -0.4 is 36.5 Å². The zero-order valence-electron chi connectivity index (χ0n) is 57.9. The molecule has 0 aliphatic carbocycles. The highest BCUT2D eigenvalue weighted by Crippen LogP contribution is 2.40. The van der Waals surface area contributed by atoms with Gasteiger partial charge in [-0.25, -0.2) is 36.5 Å². The predicted molar refractivity (Wildman–Crippen MR) is 407 cm³/mol. The van der Waals surface area contributed by atoms with Gasteiger partial charge in [-0.05, 0) is 185 Å². The molecule has 104 heavy (non-hydrogen) atoms. The van der Waals surface area contributed by atoms with E-state index in [1.807, 2.05) is 0 Å². The van der Waals surface area contributed by atoms with Crippen LogP contribution >= 0.6 is 0 Å². The smallest absolute Gasteiger partial charge is 0.176 e. The number of aromatic nitrogens is 8.